The number of hydrogen-bond donors (Lipinski definition) is 2. The van der Waals surface area contributed by atoms with Crippen molar-refractivity contribution >= 4 is 11.6 Å². The fourth-order valence-corrected chi connectivity index (χ4v) is 3.13. The van der Waals surface area contributed by atoms with Gasteiger partial charge in [0.05, 0.1) is 5.02 Å². The van der Waals surface area contributed by atoms with E-state index >= 15 is 0 Å². The molecule has 3 N–H and O–H groups in total. The highest BCUT2D eigenvalue weighted by molar-refractivity contribution is 6.32. The Morgan fingerprint density at radius 2 is 2.22 bits per heavy atom. The lowest BCUT2D eigenvalue weighted by Gasteiger charge is -2.29. The number of aromatic hydroxyl groups is 1. The SMILES string of the molecule is CN(Cc1ccc(O)c(Cl)c1)C1CCCC1CN. The third kappa shape index (κ3) is 2.97. The van der Waals surface area contributed by atoms with E-state index in [9.17, 15) is 5.11 Å². The Bertz CT molecular complexity index is 411. The van der Waals surface area contributed by atoms with Gasteiger partial charge in [0.15, 0.2) is 0 Å². The third-order valence-electron chi connectivity index (χ3n) is 3.93. The predicted octanol–water partition coefficient (Wildman–Crippen LogP) is 2.60. The van der Waals surface area contributed by atoms with Gasteiger partial charge in [0.2, 0.25) is 0 Å². The van der Waals surface area contributed by atoms with Crippen LogP contribution in [-0.2, 0) is 6.54 Å². The monoisotopic (exact) mass is 268 g/mol. The molecule has 0 aromatic heterocycles. The average molecular weight is 269 g/mol. The summed E-state index contributed by atoms with van der Waals surface area (Å²) in [6, 6.07) is 5.98. The molecule has 1 aromatic carbocycles. The van der Waals surface area contributed by atoms with Crippen molar-refractivity contribution in [3.63, 3.8) is 0 Å². The van der Waals surface area contributed by atoms with Crippen molar-refractivity contribution in [3.05, 3.63) is 28.8 Å². The van der Waals surface area contributed by atoms with Crippen LogP contribution in [0.4, 0.5) is 0 Å². The largest absolute Gasteiger partial charge is 0.506 e. The fraction of sp³-hybridized carbons (Fsp3) is 0.571. The predicted molar refractivity (Wildman–Crippen MR) is 74.8 cm³/mol. The second kappa shape index (κ2) is 5.91. The van der Waals surface area contributed by atoms with Crippen LogP contribution < -0.4 is 5.73 Å². The van der Waals surface area contributed by atoms with E-state index < -0.39 is 0 Å². The van der Waals surface area contributed by atoms with Gasteiger partial charge in [-0.3, -0.25) is 4.90 Å². The summed E-state index contributed by atoms with van der Waals surface area (Å²) >= 11 is 5.92. The van der Waals surface area contributed by atoms with Gasteiger partial charge < -0.3 is 10.8 Å². The zero-order chi connectivity index (χ0) is 13.1. The van der Waals surface area contributed by atoms with Gasteiger partial charge in [-0.15, -0.1) is 0 Å². The minimum atomic E-state index is 0.142. The molecule has 1 saturated carbocycles. The normalized spacial score (nSPS) is 23.8. The Labute approximate surface area is 114 Å². The van der Waals surface area contributed by atoms with Crippen LogP contribution >= 0.6 is 11.6 Å². The molecule has 0 radical (unpaired) electrons. The number of benzene rings is 1. The van der Waals surface area contributed by atoms with Crippen LogP contribution in [0.1, 0.15) is 24.8 Å². The maximum absolute atomic E-state index is 9.41. The molecule has 2 unspecified atom stereocenters. The third-order valence-corrected chi connectivity index (χ3v) is 4.23. The number of hydrogen-bond acceptors (Lipinski definition) is 3. The summed E-state index contributed by atoms with van der Waals surface area (Å²) in [5.41, 5.74) is 6.95. The highest BCUT2D eigenvalue weighted by atomic mass is 35.5. The van der Waals surface area contributed by atoms with Crippen LogP contribution in [0.15, 0.2) is 18.2 Å². The molecule has 0 amide bonds. The summed E-state index contributed by atoms with van der Waals surface area (Å²) in [6.07, 6.45) is 3.74. The molecular formula is C14H21ClN2O. The molecule has 1 fully saturated rings. The van der Waals surface area contributed by atoms with E-state index in [1.54, 1.807) is 6.07 Å². The Morgan fingerprint density at radius 1 is 1.44 bits per heavy atom. The molecule has 100 valence electrons. The zero-order valence-electron chi connectivity index (χ0n) is 10.8. The van der Waals surface area contributed by atoms with Crippen LogP contribution in [0.5, 0.6) is 5.75 Å². The summed E-state index contributed by atoms with van der Waals surface area (Å²) < 4.78 is 0. The summed E-state index contributed by atoms with van der Waals surface area (Å²) in [5.74, 6) is 0.756. The molecule has 2 rings (SSSR count). The molecule has 0 aliphatic heterocycles. The first kappa shape index (κ1) is 13.7. The molecule has 3 nitrogen and oxygen atoms in total. The zero-order valence-corrected chi connectivity index (χ0v) is 11.5. The second-order valence-electron chi connectivity index (χ2n) is 5.19. The first-order valence-electron chi connectivity index (χ1n) is 6.49. The van der Waals surface area contributed by atoms with Gasteiger partial charge in [-0.05, 0) is 50.0 Å². The number of halogens is 1. The number of phenols is 1. The van der Waals surface area contributed by atoms with Gasteiger partial charge in [0.1, 0.15) is 5.75 Å². The van der Waals surface area contributed by atoms with E-state index in [2.05, 4.69) is 11.9 Å². The molecule has 0 bridgehead atoms. The smallest absolute Gasteiger partial charge is 0.134 e. The molecule has 1 aromatic rings. The van der Waals surface area contributed by atoms with E-state index in [0.717, 1.165) is 18.7 Å². The van der Waals surface area contributed by atoms with Crippen LogP contribution in [0.25, 0.3) is 0 Å². The average Bonchev–Trinajstić information content (AvgIpc) is 2.82. The van der Waals surface area contributed by atoms with Crippen molar-refractivity contribution in [2.24, 2.45) is 11.7 Å². The van der Waals surface area contributed by atoms with Crippen molar-refractivity contribution in [1.82, 2.24) is 4.90 Å². The standard InChI is InChI=1S/C14H21ClN2O/c1-17(13-4-2-3-11(13)8-16)9-10-5-6-14(18)12(15)7-10/h5-7,11,13,18H,2-4,8-9,16H2,1H3. The Hall–Kier alpha value is -0.770. The van der Waals surface area contributed by atoms with E-state index in [1.807, 2.05) is 12.1 Å². The van der Waals surface area contributed by atoms with Crippen molar-refractivity contribution < 1.29 is 5.11 Å². The maximum Gasteiger partial charge on any atom is 0.134 e. The summed E-state index contributed by atoms with van der Waals surface area (Å²) in [6.45, 7) is 1.62. The molecule has 0 saturated heterocycles. The van der Waals surface area contributed by atoms with E-state index in [-0.39, 0.29) is 5.75 Å². The number of rotatable bonds is 4. The second-order valence-corrected chi connectivity index (χ2v) is 5.60. The first-order valence-corrected chi connectivity index (χ1v) is 6.87. The van der Waals surface area contributed by atoms with Crippen molar-refractivity contribution in [2.75, 3.05) is 13.6 Å². The lowest BCUT2D eigenvalue weighted by Crippen LogP contribution is -2.37. The van der Waals surface area contributed by atoms with Gasteiger partial charge in [-0.2, -0.15) is 0 Å². The maximum atomic E-state index is 9.41. The number of phenolic OH excluding ortho intramolecular Hbond substituents is 1. The van der Waals surface area contributed by atoms with Gasteiger partial charge in [0, 0.05) is 12.6 Å². The highest BCUT2D eigenvalue weighted by Crippen LogP contribution is 2.30. The van der Waals surface area contributed by atoms with Crippen LogP contribution in [0, 0.1) is 5.92 Å². The first-order chi connectivity index (χ1) is 8.61. The molecule has 0 spiro atoms. The molecule has 4 heteroatoms. The van der Waals surface area contributed by atoms with Crippen LogP contribution in [0.3, 0.4) is 0 Å². The highest BCUT2D eigenvalue weighted by Gasteiger charge is 2.29. The summed E-state index contributed by atoms with van der Waals surface area (Å²) in [7, 11) is 2.14. The van der Waals surface area contributed by atoms with Crippen molar-refractivity contribution in [3.8, 4) is 5.75 Å². The molecule has 18 heavy (non-hydrogen) atoms. The van der Waals surface area contributed by atoms with E-state index in [4.69, 9.17) is 17.3 Å². The molecule has 1 aliphatic rings. The summed E-state index contributed by atoms with van der Waals surface area (Å²) in [4.78, 5) is 2.35. The number of nitrogens with two attached hydrogens (primary N) is 1. The molecule has 2 atom stereocenters. The molecular weight excluding hydrogens is 248 g/mol. The van der Waals surface area contributed by atoms with Gasteiger partial charge in [-0.25, -0.2) is 0 Å². The van der Waals surface area contributed by atoms with Gasteiger partial charge in [0.25, 0.3) is 0 Å². The van der Waals surface area contributed by atoms with Gasteiger partial charge in [-0.1, -0.05) is 24.1 Å². The molecule has 0 heterocycles. The summed E-state index contributed by atoms with van der Waals surface area (Å²) in [5, 5.41) is 9.83. The lowest BCUT2D eigenvalue weighted by atomic mass is 10.0. The fourth-order valence-electron chi connectivity index (χ4n) is 2.93. The molecule has 1 aliphatic carbocycles. The van der Waals surface area contributed by atoms with Crippen LogP contribution in [0.2, 0.25) is 5.02 Å². The Kier molecular flexibility index (Phi) is 4.49. The van der Waals surface area contributed by atoms with E-state index in [0.29, 0.717) is 17.0 Å². The van der Waals surface area contributed by atoms with Crippen LogP contribution in [-0.4, -0.2) is 29.6 Å². The minimum absolute atomic E-state index is 0.142. The Morgan fingerprint density at radius 3 is 2.89 bits per heavy atom. The van der Waals surface area contributed by atoms with Crippen molar-refractivity contribution in [1.29, 1.82) is 0 Å². The van der Waals surface area contributed by atoms with E-state index in [1.165, 1.54) is 19.3 Å². The topological polar surface area (TPSA) is 49.5 Å². The Balaban J connectivity index is 2.02. The van der Waals surface area contributed by atoms with Gasteiger partial charge >= 0.3 is 0 Å². The number of nitrogens with zero attached hydrogens (tertiary/aromatic N) is 1. The quantitative estimate of drug-likeness (QED) is 0.883. The van der Waals surface area contributed by atoms with Crippen molar-refractivity contribution in [2.45, 2.75) is 31.8 Å². The minimum Gasteiger partial charge on any atom is -0.506 e. The lowest BCUT2D eigenvalue weighted by molar-refractivity contribution is 0.193.